The maximum Gasteiger partial charge on any atom is 0.164 e. The van der Waals surface area contributed by atoms with Gasteiger partial charge in [0, 0.05) is 18.5 Å². The van der Waals surface area contributed by atoms with Gasteiger partial charge in [0.25, 0.3) is 0 Å². The maximum absolute atomic E-state index is 9.67. The molecule has 2 aliphatic rings. The molecule has 1 atom stereocenters. The molecule has 3 nitrogen and oxygen atoms in total. The van der Waals surface area contributed by atoms with E-state index >= 15 is 0 Å². The van der Waals surface area contributed by atoms with Gasteiger partial charge in [0.15, 0.2) is 11.5 Å². The first-order chi connectivity index (χ1) is 8.33. The van der Waals surface area contributed by atoms with Crippen molar-refractivity contribution in [1.29, 1.82) is 0 Å². The average molecular weight is 233 g/mol. The van der Waals surface area contributed by atoms with Crippen LogP contribution < -0.4 is 10.1 Å². The van der Waals surface area contributed by atoms with E-state index in [0.29, 0.717) is 18.3 Å². The predicted octanol–water partition coefficient (Wildman–Crippen LogP) is 2.09. The summed E-state index contributed by atoms with van der Waals surface area (Å²) < 4.78 is 5.66. The summed E-state index contributed by atoms with van der Waals surface area (Å²) in [6, 6.07) is 6.36. The Hall–Kier alpha value is -1.22. The second kappa shape index (κ2) is 4.57. The van der Waals surface area contributed by atoms with Gasteiger partial charge in [0.1, 0.15) is 0 Å². The van der Waals surface area contributed by atoms with E-state index in [4.69, 9.17) is 4.74 Å². The van der Waals surface area contributed by atoms with Crippen LogP contribution in [-0.2, 0) is 6.42 Å². The number of hydrogen-bond acceptors (Lipinski definition) is 3. The molecule has 1 heterocycles. The molecule has 0 saturated heterocycles. The van der Waals surface area contributed by atoms with Gasteiger partial charge in [-0.05, 0) is 30.9 Å². The van der Waals surface area contributed by atoms with Crippen molar-refractivity contribution in [3.05, 3.63) is 23.8 Å². The Morgan fingerprint density at radius 2 is 2.24 bits per heavy atom. The van der Waals surface area contributed by atoms with Gasteiger partial charge < -0.3 is 15.2 Å². The summed E-state index contributed by atoms with van der Waals surface area (Å²) in [6.07, 6.45) is 5.02. The molecule has 3 rings (SSSR count). The third-order valence-corrected chi connectivity index (χ3v) is 3.85. The maximum atomic E-state index is 9.67. The standard InChI is InChI=1S/C14H19NO2/c16-13-6-1-3-11-7-10(9-17-14(11)13)8-15-12-4-2-5-12/h1,3,6,10,12,15-16H,2,4-5,7-9H2. The summed E-state index contributed by atoms with van der Waals surface area (Å²) in [4.78, 5) is 0. The minimum atomic E-state index is 0.271. The Morgan fingerprint density at radius 3 is 3.00 bits per heavy atom. The first-order valence-corrected chi connectivity index (χ1v) is 6.50. The lowest BCUT2D eigenvalue weighted by Gasteiger charge is -2.31. The Morgan fingerprint density at radius 1 is 1.35 bits per heavy atom. The number of hydrogen-bond donors (Lipinski definition) is 2. The number of aromatic hydroxyl groups is 1. The largest absolute Gasteiger partial charge is 0.504 e. The molecule has 0 aromatic heterocycles. The summed E-state index contributed by atoms with van der Waals surface area (Å²) >= 11 is 0. The number of rotatable bonds is 3. The molecular formula is C14H19NO2. The first kappa shape index (κ1) is 10.9. The molecule has 0 amide bonds. The number of nitrogens with one attached hydrogen (secondary N) is 1. The SMILES string of the molecule is Oc1cccc2c1OCC(CNC1CCC1)C2. The highest BCUT2D eigenvalue weighted by atomic mass is 16.5. The fraction of sp³-hybridized carbons (Fsp3) is 0.571. The van der Waals surface area contributed by atoms with Crippen molar-refractivity contribution in [3.63, 3.8) is 0 Å². The Balaban J connectivity index is 1.60. The van der Waals surface area contributed by atoms with Crippen LogP contribution in [0.5, 0.6) is 11.5 Å². The van der Waals surface area contributed by atoms with Crippen LogP contribution in [0.3, 0.4) is 0 Å². The van der Waals surface area contributed by atoms with Crippen LogP contribution in [0.4, 0.5) is 0 Å². The van der Waals surface area contributed by atoms with E-state index in [0.717, 1.165) is 24.6 Å². The zero-order valence-electron chi connectivity index (χ0n) is 9.98. The summed E-state index contributed by atoms with van der Waals surface area (Å²) in [5, 5.41) is 13.3. The highest BCUT2D eigenvalue weighted by Gasteiger charge is 2.24. The molecule has 1 saturated carbocycles. The summed E-state index contributed by atoms with van der Waals surface area (Å²) in [7, 11) is 0. The van der Waals surface area contributed by atoms with Crippen molar-refractivity contribution in [3.8, 4) is 11.5 Å². The fourth-order valence-electron chi connectivity index (χ4n) is 2.55. The predicted molar refractivity (Wildman–Crippen MR) is 66.4 cm³/mol. The van der Waals surface area contributed by atoms with Crippen molar-refractivity contribution in [2.24, 2.45) is 5.92 Å². The molecule has 1 unspecified atom stereocenters. The molecular weight excluding hydrogens is 214 g/mol. The monoisotopic (exact) mass is 233 g/mol. The molecule has 0 bridgehead atoms. The minimum absolute atomic E-state index is 0.271. The number of benzene rings is 1. The van der Waals surface area contributed by atoms with Gasteiger partial charge in [-0.1, -0.05) is 18.6 Å². The zero-order chi connectivity index (χ0) is 11.7. The van der Waals surface area contributed by atoms with Crippen LogP contribution in [0, 0.1) is 5.92 Å². The second-order valence-corrected chi connectivity index (χ2v) is 5.18. The number of ether oxygens (including phenoxy) is 1. The molecule has 0 spiro atoms. The van der Waals surface area contributed by atoms with Crippen molar-refractivity contribution in [1.82, 2.24) is 5.32 Å². The number of phenolic OH excluding ortho intramolecular Hbond substituents is 1. The van der Waals surface area contributed by atoms with Crippen LogP contribution >= 0.6 is 0 Å². The fourth-order valence-corrected chi connectivity index (χ4v) is 2.55. The zero-order valence-corrected chi connectivity index (χ0v) is 9.98. The minimum Gasteiger partial charge on any atom is -0.504 e. The lowest BCUT2D eigenvalue weighted by Crippen LogP contribution is -2.40. The van der Waals surface area contributed by atoms with E-state index in [1.807, 2.05) is 12.1 Å². The van der Waals surface area contributed by atoms with Crippen LogP contribution in [-0.4, -0.2) is 24.3 Å². The van der Waals surface area contributed by atoms with E-state index in [9.17, 15) is 5.11 Å². The molecule has 3 heteroatoms. The average Bonchev–Trinajstić information content (AvgIpc) is 2.27. The van der Waals surface area contributed by atoms with Crippen molar-refractivity contribution >= 4 is 0 Å². The van der Waals surface area contributed by atoms with Crippen molar-refractivity contribution in [2.75, 3.05) is 13.2 Å². The van der Waals surface area contributed by atoms with Crippen LogP contribution in [0.1, 0.15) is 24.8 Å². The smallest absolute Gasteiger partial charge is 0.164 e. The molecule has 1 aliphatic carbocycles. The van der Waals surface area contributed by atoms with Crippen LogP contribution in [0.25, 0.3) is 0 Å². The van der Waals surface area contributed by atoms with Crippen molar-refractivity contribution in [2.45, 2.75) is 31.7 Å². The van der Waals surface area contributed by atoms with E-state index < -0.39 is 0 Å². The number of phenols is 1. The molecule has 1 aliphatic heterocycles. The molecule has 17 heavy (non-hydrogen) atoms. The molecule has 1 aromatic rings. The molecule has 92 valence electrons. The van der Waals surface area contributed by atoms with Gasteiger partial charge >= 0.3 is 0 Å². The quantitative estimate of drug-likeness (QED) is 0.840. The normalized spacial score (nSPS) is 23.6. The van der Waals surface area contributed by atoms with Gasteiger partial charge in [-0.3, -0.25) is 0 Å². The lowest BCUT2D eigenvalue weighted by atomic mass is 9.91. The third-order valence-electron chi connectivity index (χ3n) is 3.85. The van der Waals surface area contributed by atoms with Gasteiger partial charge in [0.05, 0.1) is 6.61 Å². The highest BCUT2D eigenvalue weighted by Crippen LogP contribution is 2.35. The second-order valence-electron chi connectivity index (χ2n) is 5.18. The van der Waals surface area contributed by atoms with Gasteiger partial charge in [-0.15, -0.1) is 0 Å². The summed E-state index contributed by atoms with van der Waals surface area (Å²) in [5.41, 5.74) is 1.14. The molecule has 1 aromatic carbocycles. The van der Waals surface area contributed by atoms with Crippen LogP contribution in [0.15, 0.2) is 18.2 Å². The van der Waals surface area contributed by atoms with Gasteiger partial charge in [0.2, 0.25) is 0 Å². The summed E-state index contributed by atoms with van der Waals surface area (Å²) in [5.74, 6) is 1.49. The number of fused-ring (bicyclic) bond motifs is 1. The van der Waals surface area contributed by atoms with Gasteiger partial charge in [-0.2, -0.15) is 0 Å². The highest BCUT2D eigenvalue weighted by molar-refractivity contribution is 5.46. The first-order valence-electron chi connectivity index (χ1n) is 6.50. The van der Waals surface area contributed by atoms with E-state index in [2.05, 4.69) is 5.32 Å². The van der Waals surface area contributed by atoms with E-state index in [1.54, 1.807) is 6.07 Å². The Kier molecular flexibility index (Phi) is 2.93. The Labute approximate surface area is 102 Å². The molecule has 0 radical (unpaired) electrons. The van der Waals surface area contributed by atoms with E-state index in [1.165, 1.54) is 19.3 Å². The van der Waals surface area contributed by atoms with E-state index in [-0.39, 0.29) is 5.75 Å². The number of para-hydroxylation sites is 1. The van der Waals surface area contributed by atoms with Crippen LogP contribution in [0.2, 0.25) is 0 Å². The third kappa shape index (κ3) is 2.25. The molecule has 2 N–H and O–H groups in total. The lowest BCUT2D eigenvalue weighted by molar-refractivity contribution is 0.199. The topological polar surface area (TPSA) is 41.5 Å². The van der Waals surface area contributed by atoms with Crippen molar-refractivity contribution < 1.29 is 9.84 Å². The molecule has 1 fully saturated rings. The summed E-state index contributed by atoms with van der Waals surface area (Å²) in [6.45, 7) is 1.74. The Bertz CT molecular complexity index is 401. The van der Waals surface area contributed by atoms with Gasteiger partial charge in [-0.25, -0.2) is 0 Å².